The van der Waals surface area contributed by atoms with Gasteiger partial charge in [-0.05, 0) is 60.8 Å². The van der Waals surface area contributed by atoms with E-state index in [1.807, 2.05) is 31.2 Å². The third-order valence-corrected chi connectivity index (χ3v) is 5.70. The highest BCUT2D eigenvalue weighted by Gasteiger charge is 2.24. The highest BCUT2D eigenvalue weighted by molar-refractivity contribution is 7.08. The number of aryl methyl sites for hydroxylation is 1. The minimum Gasteiger partial charge on any atom is -0.346 e. The van der Waals surface area contributed by atoms with Gasteiger partial charge in [0, 0.05) is 13.1 Å². The van der Waals surface area contributed by atoms with Gasteiger partial charge in [0.1, 0.15) is 0 Å². The van der Waals surface area contributed by atoms with Crippen molar-refractivity contribution in [3.05, 3.63) is 57.8 Å². The quantitative estimate of drug-likeness (QED) is 0.752. The Hall–Kier alpha value is -2.18. The molecule has 1 aliphatic rings. The molecule has 1 unspecified atom stereocenters. The number of hydrogen-bond acceptors (Lipinski definition) is 4. The number of benzene rings is 1. The fourth-order valence-corrected chi connectivity index (χ4v) is 4.10. The van der Waals surface area contributed by atoms with Crippen LogP contribution in [-0.4, -0.2) is 36.3 Å². The van der Waals surface area contributed by atoms with Gasteiger partial charge in [0.05, 0.1) is 6.04 Å². The van der Waals surface area contributed by atoms with E-state index in [-0.39, 0.29) is 6.04 Å². The van der Waals surface area contributed by atoms with Gasteiger partial charge < -0.3 is 10.6 Å². The normalized spacial score (nSPS) is 15.9. The molecule has 0 saturated carbocycles. The van der Waals surface area contributed by atoms with Crippen molar-refractivity contribution in [2.75, 3.05) is 19.6 Å². The molecule has 5 nitrogen and oxygen atoms in total. The Kier molecular flexibility index (Phi) is 7.01. The van der Waals surface area contributed by atoms with Gasteiger partial charge >= 0.3 is 11.8 Å². The van der Waals surface area contributed by atoms with E-state index in [1.165, 1.54) is 30.4 Å². The number of nitrogens with zero attached hydrogens (tertiary/aromatic N) is 1. The molecule has 6 heteroatoms. The zero-order valence-electron chi connectivity index (χ0n) is 15.7. The van der Waals surface area contributed by atoms with Crippen LogP contribution in [-0.2, 0) is 16.1 Å². The second-order valence-corrected chi connectivity index (χ2v) is 7.83. The summed E-state index contributed by atoms with van der Waals surface area (Å²) in [6.07, 6.45) is 3.64. The third kappa shape index (κ3) is 5.65. The summed E-state index contributed by atoms with van der Waals surface area (Å²) in [5, 5.41) is 9.70. The summed E-state index contributed by atoms with van der Waals surface area (Å²) in [4.78, 5) is 26.8. The van der Waals surface area contributed by atoms with E-state index in [2.05, 4.69) is 32.4 Å². The zero-order valence-corrected chi connectivity index (χ0v) is 16.6. The first-order valence-corrected chi connectivity index (χ1v) is 10.5. The molecule has 2 aromatic rings. The molecule has 1 aromatic carbocycles. The Morgan fingerprint density at radius 1 is 1.04 bits per heavy atom. The van der Waals surface area contributed by atoms with Crippen LogP contribution in [0.25, 0.3) is 0 Å². The monoisotopic (exact) mass is 385 g/mol. The predicted octanol–water partition coefficient (Wildman–Crippen LogP) is 3.02. The van der Waals surface area contributed by atoms with Crippen molar-refractivity contribution in [2.45, 2.75) is 38.8 Å². The highest BCUT2D eigenvalue weighted by atomic mass is 32.1. The van der Waals surface area contributed by atoms with Crippen molar-refractivity contribution in [3.63, 3.8) is 0 Å². The average molecular weight is 386 g/mol. The molecule has 2 N–H and O–H groups in total. The SMILES string of the molecule is Cc1ccc(CNC(=O)C(=O)NCC(c2ccsc2)N2CCCCC2)cc1. The number of nitrogens with one attached hydrogen (secondary N) is 2. The van der Waals surface area contributed by atoms with E-state index in [1.54, 1.807) is 11.3 Å². The Labute approximate surface area is 164 Å². The van der Waals surface area contributed by atoms with Gasteiger partial charge in [0.2, 0.25) is 0 Å². The lowest BCUT2D eigenvalue weighted by Gasteiger charge is -2.34. The zero-order chi connectivity index (χ0) is 19.1. The van der Waals surface area contributed by atoms with E-state index in [0.29, 0.717) is 13.1 Å². The molecule has 0 radical (unpaired) electrons. The largest absolute Gasteiger partial charge is 0.346 e. The summed E-state index contributed by atoms with van der Waals surface area (Å²) in [5.74, 6) is -1.15. The van der Waals surface area contributed by atoms with Crippen molar-refractivity contribution in [3.8, 4) is 0 Å². The number of amides is 2. The minimum atomic E-state index is -0.585. The number of rotatable bonds is 6. The van der Waals surface area contributed by atoms with Gasteiger partial charge in [0.15, 0.2) is 0 Å². The van der Waals surface area contributed by atoms with Crippen molar-refractivity contribution < 1.29 is 9.59 Å². The molecular formula is C21H27N3O2S. The molecule has 1 saturated heterocycles. The molecule has 144 valence electrons. The first kappa shape index (κ1) is 19.6. The van der Waals surface area contributed by atoms with E-state index in [9.17, 15) is 9.59 Å². The third-order valence-electron chi connectivity index (χ3n) is 5.00. The van der Waals surface area contributed by atoms with Gasteiger partial charge in [-0.2, -0.15) is 11.3 Å². The highest BCUT2D eigenvalue weighted by Crippen LogP contribution is 2.25. The fraction of sp³-hybridized carbons (Fsp3) is 0.429. The van der Waals surface area contributed by atoms with Gasteiger partial charge in [-0.1, -0.05) is 36.2 Å². The second kappa shape index (κ2) is 9.67. The lowest BCUT2D eigenvalue weighted by molar-refractivity contribution is -0.139. The molecule has 2 amide bonds. The Morgan fingerprint density at radius 3 is 2.41 bits per heavy atom. The number of carbonyl (C=O) groups excluding carboxylic acids is 2. The first-order valence-electron chi connectivity index (χ1n) is 9.51. The Balaban J connectivity index is 1.52. The van der Waals surface area contributed by atoms with Crippen molar-refractivity contribution in [2.24, 2.45) is 0 Å². The fourth-order valence-electron chi connectivity index (χ4n) is 3.39. The standard InChI is InChI=1S/C21H27N3O2S/c1-16-5-7-17(8-6-16)13-22-20(25)21(26)23-14-19(18-9-12-27-15-18)24-10-3-2-4-11-24/h5-9,12,15,19H,2-4,10-11,13-14H2,1H3,(H,22,25)(H,23,26). The lowest BCUT2D eigenvalue weighted by Crippen LogP contribution is -2.45. The van der Waals surface area contributed by atoms with Crippen molar-refractivity contribution in [1.29, 1.82) is 0 Å². The molecule has 1 fully saturated rings. The molecule has 1 aliphatic heterocycles. The van der Waals surface area contributed by atoms with E-state index < -0.39 is 11.8 Å². The smallest absolute Gasteiger partial charge is 0.309 e. The maximum atomic E-state index is 12.2. The average Bonchev–Trinajstić information content (AvgIpc) is 3.22. The Bertz CT molecular complexity index is 737. The van der Waals surface area contributed by atoms with E-state index in [0.717, 1.165) is 18.7 Å². The molecule has 1 atom stereocenters. The van der Waals surface area contributed by atoms with E-state index >= 15 is 0 Å². The number of likely N-dealkylation sites (tertiary alicyclic amines) is 1. The second-order valence-electron chi connectivity index (χ2n) is 7.05. The van der Waals surface area contributed by atoms with Crippen LogP contribution in [0.3, 0.4) is 0 Å². The van der Waals surface area contributed by atoms with Gasteiger partial charge in [-0.25, -0.2) is 0 Å². The maximum Gasteiger partial charge on any atom is 0.309 e. The van der Waals surface area contributed by atoms with Crippen molar-refractivity contribution >= 4 is 23.2 Å². The molecule has 0 aliphatic carbocycles. The lowest BCUT2D eigenvalue weighted by atomic mass is 10.0. The van der Waals surface area contributed by atoms with Crippen LogP contribution in [0.4, 0.5) is 0 Å². The maximum absolute atomic E-state index is 12.2. The van der Waals surface area contributed by atoms with Gasteiger partial charge in [0.25, 0.3) is 0 Å². The molecule has 27 heavy (non-hydrogen) atoms. The summed E-state index contributed by atoms with van der Waals surface area (Å²) in [5.41, 5.74) is 3.36. The summed E-state index contributed by atoms with van der Waals surface area (Å²) in [6.45, 7) is 4.90. The van der Waals surface area contributed by atoms with Crippen molar-refractivity contribution in [1.82, 2.24) is 15.5 Å². The van der Waals surface area contributed by atoms with Crippen LogP contribution < -0.4 is 10.6 Å². The predicted molar refractivity (Wildman–Crippen MR) is 109 cm³/mol. The van der Waals surface area contributed by atoms with Crippen LogP contribution in [0, 0.1) is 6.92 Å². The molecule has 3 rings (SSSR count). The van der Waals surface area contributed by atoms with Gasteiger partial charge in [-0.15, -0.1) is 0 Å². The van der Waals surface area contributed by atoms with E-state index in [4.69, 9.17) is 0 Å². The van der Waals surface area contributed by atoms with Crippen LogP contribution in [0.2, 0.25) is 0 Å². The van der Waals surface area contributed by atoms with Crippen LogP contribution >= 0.6 is 11.3 Å². The molecule has 1 aromatic heterocycles. The topological polar surface area (TPSA) is 61.4 Å². The molecular weight excluding hydrogens is 358 g/mol. The summed E-state index contributed by atoms with van der Waals surface area (Å²) >= 11 is 1.66. The van der Waals surface area contributed by atoms with Gasteiger partial charge in [-0.3, -0.25) is 14.5 Å². The van der Waals surface area contributed by atoms with Crippen LogP contribution in [0.1, 0.15) is 42.0 Å². The summed E-state index contributed by atoms with van der Waals surface area (Å²) < 4.78 is 0. The number of carbonyl (C=O) groups is 2. The van der Waals surface area contributed by atoms with Crippen LogP contribution in [0.15, 0.2) is 41.1 Å². The van der Waals surface area contributed by atoms with Crippen LogP contribution in [0.5, 0.6) is 0 Å². The summed E-state index contributed by atoms with van der Waals surface area (Å²) in [7, 11) is 0. The Morgan fingerprint density at radius 2 is 1.74 bits per heavy atom. The number of piperidine rings is 1. The number of hydrogen-bond donors (Lipinski definition) is 2. The molecule has 0 bridgehead atoms. The molecule has 2 heterocycles. The molecule has 0 spiro atoms. The minimum absolute atomic E-state index is 0.130. The number of thiophene rings is 1. The first-order chi connectivity index (χ1) is 13.1. The summed E-state index contributed by atoms with van der Waals surface area (Å²) in [6, 6.07) is 10.1.